The first kappa shape index (κ1) is 13.0. The predicted molar refractivity (Wildman–Crippen MR) is 54.0 cm³/mol. The summed E-state index contributed by atoms with van der Waals surface area (Å²) in [5, 5.41) is 0. The average Bonchev–Trinajstić information content (AvgIpc) is 2.03. The van der Waals surface area contributed by atoms with Crippen molar-refractivity contribution >= 4 is 17.3 Å². The summed E-state index contributed by atoms with van der Waals surface area (Å²) < 4.78 is 0. The second-order valence-electron chi connectivity index (χ2n) is 3.62. The van der Waals surface area contributed by atoms with Crippen LogP contribution in [0.5, 0.6) is 0 Å². The minimum absolute atomic E-state index is 0.0266. The lowest BCUT2D eigenvalue weighted by Crippen LogP contribution is -2.22. The predicted octanol–water partition coefficient (Wildman–Crippen LogP) is 1.93. The largest absolute Gasteiger partial charge is 0.300 e. The number of rotatable bonds is 7. The van der Waals surface area contributed by atoms with Gasteiger partial charge in [0.15, 0.2) is 0 Å². The molecule has 0 aliphatic rings. The van der Waals surface area contributed by atoms with Gasteiger partial charge in [0, 0.05) is 12.8 Å². The van der Waals surface area contributed by atoms with E-state index < -0.39 is 5.92 Å². The second-order valence-corrected chi connectivity index (χ2v) is 3.62. The van der Waals surface area contributed by atoms with Crippen molar-refractivity contribution in [1.82, 2.24) is 0 Å². The van der Waals surface area contributed by atoms with E-state index >= 15 is 0 Å². The minimum atomic E-state index is -0.557. The smallest absolute Gasteiger partial charge is 0.143 e. The van der Waals surface area contributed by atoms with E-state index in [1.807, 2.05) is 6.92 Å². The van der Waals surface area contributed by atoms with Crippen molar-refractivity contribution in [3.63, 3.8) is 0 Å². The Morgan fingerprint density at radius 2 is 1.64 bits per heavy atom. The normalized spacial score (nSPS) is 12.2. The molecule has 0 rings (SSSR count). The molecule has 1 atom stereocenters. The molecular weight excluding hydrogens is 180 g/mol. The first-order valence-electron chi connectivity index (χ1n) is 5.01. The summed E-state index contributed by atoms with van der Waals surface area (Å²) in [5.74, 6) is -0.676. The van der Waals surface area contributed by atoms with Crippen molar-refractivity contribution in [2.75, 3.05) is 0 Å². The van der Waals surface area contributed by atoms with E-state index in [1.54, 1.807) is 0 Å². The molecule has 0 bridgehead atoms. The highest BCUT2D eigenvalue weighted by molar-refractivity contribution is 6.01. The zero-order chi connectivity index (χ0) is 11.1. The van der Waals surface area contributed by atoms with E-state index in [4.69, 9.17) is 0 Å². The van der Waals surface area contributed by atoms with Crippen LogP contribution >= 0.6 is 0 Å². The van der Waals surface area contributed by atoms with E-state index in [0.717, 1.165) is 6.42 Å². The highest BCUT2D eigenvalue weighted by Gasteiger charge is 2.22. The van der Waals surface area contributed by atoms with E-state index in [0.29, 0.717) is 19.3 Å². The molecule has 0 saturated heterocycles. The molecule has 0 spiro atoms. The van der Waals surface area contributed by atoms with Crippen molar-refractivity contribution in [1.29, 1.82) is 0 Å². The molecule has 0 radical (unpaired) electrons. The van der Waals surface area contributed by atoms with Crippen molar-refractivity contribution in [3.05, 3.63) is 0 Å². The van der Waals surface area contributed by atoms with E-state index in [9.17, 15) is 14.4 Å². The molecule has 0 aliphatic carbocycles. The molecule has 3 nitrogen and oxygen atoms in total. The number of carbonyl (C=O) groups is 3. The fourth-order valence-electron chi connectivity index (χ4n) is 1.36. The summed E-state index contributed by atoms with van der Waals surface area (Å²) >= 11 is 0. The van der Waals surface area contributed by atoms with Crippen molar-refractivity contribution in [3.8, 4) is 0 Å². The van der Waals surface area contributed by atoms with Crippen LogP contribution < -0.4 is 0 Å². The first-order chi connectivity index (χ1) is 6.49. The van der Waals surface area contributed by atoms with Gasteiger partial charge >= 0.3 is 0 Å². The molecule has 0 aromatic rings. The van der Waals surface area contributed by atoms with Crippen LogP contribution in [0.4, 0.5) is 0 Å². The van der Waals surface area contributed by atoms with Gasteiger partial charge in [-0.1, -0.05) is 6.92 Å². The molecule has 0 aromatic carbocycles. The number of carbonyl (C=O) groups excluding carboxylic acids is 3. The van der Waals surface area contributed by atoms with Crippen LogP contribution in [0.1, 0.15) is 46.5 Å². The van der Waals surface area contributed by atoms with E-state index in [2.05, 4.69) is 0 Å². The zero-order valence-corrected chi connectivity index (χ0v) is 9.13. The van der Waals surface area contributed by atoms with Crippen molar-refractivity contribution in [2.45, 2.75) is 46.5 Å². The molecule has 0 aliphatic heterocycles. The van der Waals surface area contributed by atoms with Gasteiger partial charge in [0.25, 0.3) is 0 Å². The Bertz CT molecular complexity index is 231. The average molecular weight is 198 g/mol. The second kappa shape index (κ2) is 6.46. The van der Waals surface area contributed by atoms with Crippen LogP contribution in [0.25, 0.3) is 0 Å². The molecule has 0 fully saturated rings. The summed E-state index contributed by atoms with van der Waals surface area (Å²) in [6, 6.07) is 0. The Kier molecular flexibility index (Phi) is 6.00. The van der Waals surface area contributed by atoms with Crippen molar-refractivity contribution < 1.29 is 14.4 Å². The molecule has 80 valence electrons. The van der Waals surface area contributed by atoms with Gasteiger partial charge in [0.2, 0.25) is 0 Å². The third-order valence-electron chi connectivity index (χ3n) is 2.16. The lowest BCUT2D eigenvalue weighted by molar-refractivity contribution is -0.132. The summed E-state index contributed by atoms with van der Waals surface area (Å²) in [5.41, 5.74) is 0. The zero-order valence-electron chi connectivity index (χ0n) is 9.13. The van der Waals surface area contributed by atoms with Crippen molar-refractivity contribution in [2.24, 2.45) is 5.92 Å². The third kappa shape index (κ3) is 4.90. The maximum absolute atomic E-state index is 11.5. The lowest BCUT2D eigenvalue weighted by Gasteiger charge is -2.10. The van der Waals surface area contributed by atoms with E-state index in [-0.39, 0.29) is 17.3 Å². The molecule has 3 heteroatoms. The molecule has 0 saturated carbocycles. The molecule has 14 heavy (non-hydrogen) atoms. The van der Waals surface area contributed by atoms with Gasteiger partial charge in [-0.05, 0) is 26.7 Å². The summed E-state index contributed by atoms with van der Waals surface area (Å²) in [4.78, 5) is 33.3. The third-order valence-corrected chi connectivity index (χ3v) is 2.16. The summed E-state index contributed by atoms with van der Waals surface area (Å²) in [6.07, 6.45) is 1.88. The van der Waals surface area contributed by atoms with Gasteiger partial charge in [-0.15, -0.1) is 0 Å². The van der Waals surface area contributed by atoms with Crippen LogP contribution in [0.15, 0.2) is 0 Å². The SMILES string of the molecule is CCCC(=O)C(CCC(C)=O)C(C)=O. The van der Waals surface area contributed by atoms with Crippen LogP contribution in [-0.4, -0.2) is 17.3 Å². The van der Waals surface area contributed by atoms with E-state index in [1.165, 1.54) is 13.8 Å². The van der Waals surface area contributed by atoms with Gasteiger partial charge in [0.1, 0.15) is 17.3 Å². The molecule has 0 heterocycles. The molecular formula is C11H18O3. The fourth-order valence-corrected chi connectivity index (χ4v) is 1.36. The first-order valence-corrected chi connectivity index (χ1v) is 5.01. The number of ketones is 3. The Morgan fingerprint density at radius 1 is 1.07 bits per heavy atom. The highest BCUT2D eigenvalue weighted by Crippen LogP contribution is 2.12. The van der Waals surface area contributed by atoms with Crippen LogP contribution in [-0.2, 0) is 14.4 Å². The monoisotopic (exact) mass is 198 g/mol. The maximum Gasteiger partial charge on any atom is 0.143 e. The number of hydrogen-bond acceptors (Lipinski definition) is 3. The number of Topliss-reactive ketones (excluding diaryl/α,β-unsaturated/α-hetero) is 3. The maximum atomic E-state index is 11.5. The van der Waals surface area contributed by atoms with Gasteiger partial charge in [-0.25, -0.2) is 0 Å². The topological polar surface area (TPSA) is 51.2 Å². The molecule has 1 unspecified atom stereocenters. The van der Waals surface area contributed by atoms with Crippen LogP contribution in [0, 0.1) is 5.92 Å². The van der Waals surface area contributed by atoms with Gasteiger partial charge < -0.3 is 4.79 Å². The Balaban J connectivity index is 4.22. The summed E-state index contributed by atoms with van der Waals surface area (Å²) in [6.45, 7) is 4.79. The highest BCUT2D eigenvalue weighted by atomic mass is 16.2. The Hall–Kier alpha value is -0.990. The summed E-state index contributed by atoms with van der Waals surface area (Å²) in [7, 11) is 0. The van der Waals surface area contributed by atoms with Gasteiger partial charge in [-0.2, -0.15) is 0 Å². The Morgan fingerprint density at radius 3 is 2.00 bits per heavy atom. The van der Waals surface area contributed by atoms with Gasteiger partial charge in [0.05, 0.1) is 5.92 Å². The quantitative estimate of drug-likeness (QED) is 0.587. The molecule has 0 amide bonds. The minimum Gasteiger partial charge on any atom is -0.300 e. The van der Waals surface area contributed by atoms with Gasteiger partial charge in [-0.3, -0.25) is 9.59 Å². The van der Waals surface area contributed by atoms with Crippen LogP contribution in [0.3, 0.4) is 0 Å². The molecule has 0 aromatic heterocycles. The number of hydrogen-bond donors (Lipinski definition) is 0. The molecule has 0 N–H and O–H groups in total. The fraction of sp³-hybridized carbons (Fsp3) is 0.727. The lowest BCUT2D eigenvalue weighted by atomic mass is 9.91. The Labute approximate surface area is 84.9 Å². The van der Waals surface area contributed by atoms with Crippen LogP contribution in [0.2, 0.25) is 0 Å². The standard InChI is InChI=1S/C11H18O3/c1-4-5-11(14)10(9(3)13)7-6-8(2)12/h10H,4-7H2,1-3H3.